The second kappa shape index (κ2) is 16.1. The fraction of sp³-hybridized carbons (Fsp3) is 0.487. The Hall–Kier alpha value is -5.16. The Labute approximate surface area is 325 Å². The molecule has 300 valence electrons. The van der Waals surface area contributed by atoms with Crippen molar-refractivity contribution in [3.05, 3.63) is 66.5 Å². The van der Waals surface area contributed by atoms with Crippen molar-refractivity contribution in [1.29, 1.82) is 0 Å². The molecule has 3 aliphatic rings. The van der Waals surface area contributed by atoms with Gasteiger partial charge in [0.1, 0.15) is 40.8 Å². The molecule has 2 aromatic carbocycles. The molecule has 1 aromatic heterocycles. The minimum atomic E-state index is -4.20. The van der Waals surface area contributed by atoms with E-state index in [1.807, 2.05) is 18.2 Å². The predicted octanol–water partition coefficient (Wildman–Crippen LogP) is 4.00. The summed E-state index contributed by atoms with van der Waals surface area (Å²) in [6.45, 7) is 5.01. The molecule has 5 atom stereocenters. The SMILES string of the molecule is CN(C)S(=O)(=O)NC(=O)[C@@]12C[C@@H]1/C=C\CCCCC[C@H](NC(=O)OC(C)(C)C)C(=O)N1C[C@H](Oc3nc4ccccc4nc3-c3ccc(F)cc3)C[C@H]1C(=O)N2. The Bertz CT molecular complexity index is 2130. The summed E-state index contributed by atoms with van der Waals surface area (Å²) in [4.78, 5) is 66.5. The van der Waals surface area contributed by atoms with Crippen LogP contribution in [0.25, 0.3) is 22.3 Å². The van der Waals surface area contributed by atoms with E-state index >= 15 is 0 Å². The molecule has 1 aliphatic carbocycles. The van der Waals surface area contributed by atoms with Crippen LogP contribution in [0, 0.1) is 11.7 Å². The van der Waals surface area contributed by atoms with Gasteiger partial charge in [-0.15, -0.1) is 0 Å². The number of hydrogen-bond donors (Lipinski definition) is 3. The van der Waals surface area contributed by atoms with Gasteiger partial charge in [0, 0.05) is 32.0 Å². The predicted molar refractivity (Wildman–Crippen MR) is 205 cm³/mol. The van der Waals surface area contributed by atoms with Crippen molar-refractivity contribution < 1.29 is 41.5 Å². The van der Waals surface area contributed by atoms with Crippen LogP contribution in [0.4, 0.5) is 9.18 Å². The number of rotatable bonds is 7. The molecule has 2 fully saturated rings. The summed E-state index contributed by atoms with van der Waals surface area (Å²) in [6.07, 6.45) is 5.15. The molecule has 3 aromatic rings. The van der Waals surface area contributed by atoms with Crippen LogP contribution in [0.1, 0.15) is 65.7 Å². The fourth-order valence-electron chi connectivity index (χ4n) is 6.93. The highest BCUT2D eigenvalue weighted by Gasteiger charge is 2.61. The highest BCUT2D eigenvalue weighted by Crippen LogP contribution is 2.46. The second-order valence-corrected chi connectivity index (χ2v) is 17.5. The fourth-order valence-corrected chi connectivity index (χ4v) is 7.53. The number of alkyl carbamates (subject to hydrolysis) is 1. The largest absolute Gasteiger partial charge is 0.471 e. The molecule has 2 aliphatic heterocycles. The maximum atomic E-state index is 14.6. The van der Waals surface area contributed by atoms with Gasteiger partial charge in [-0.05, 0) is 82.9 Å². The summed E-state index contributed by atoms with van der Waals surface area (Å²) in [6, 6.07) is 10.5. The first-order valence-electron chi connectivity index (χ1n) is 18.7. The van der Waals surface area contributed by atoms with Crippen molar-refractivity contribution in [2.75, 3.05) is 20.6 Å². The lowest BCUT2D eigenvalue weighted by molar-refractivity contribution is -0.141. The van der Waals surface area contributed by atoms with Gasteiger partial charge in [-0.25, -0.2) is 23.9 Å². The van der Waals surface area contributed by atoms with E-state index in [2.05, 4.69) is 15.4 Å². The van der Waals surface area contributed by atoms with Gasteiger partial charge < -0.3 is 25.0 Å². The standard InChI is InChI=1S/C39H48FN7O8S/c1-38(2,3)55-37(51)43-30-16-10-8-6-7-9-13-25-22-39(25,36(50)45-56(52,53)46(4)5)44-33(48)31-21-27(23-47(31)35(30)49)54-34-32(24-17-19-26(40)20-18-24)41-28-14-11-12-15-29(28)42-34/h9,11-15,17-20,25,27,30-31H,6-8,10,16,21-23H2,1-5H3,(H,43,51)(H,44,48)(H,45,50)/b13-9-/t25-,27+,30-,31-,39+/m0/s1. The highest BCUT2D eigenvalue weighted by atomic mass is 32.2. The van der Waals surface area contributed by atoms with Crippen molar-refractivity contribution in [3.8, 4) is 17.1 Å². The maximum Gasteiger partial charge on any atom is 0.408 e. The lowest BCUT2D eigenvalue weighted by atomic mass is 10.0. The van der Waals surface area contributed by atoms with Crippen LogP contribution < -0.4 is 20.1 Å². The molecule has 1 saturated carbocycles. The molecule has 4 amide bonds. The van der Waals surface area contributed by atoms with E-state index in [0.29, 0.717) is 35.1 Å². The summed E-state index contributed by atoms with van der Waals surface area (Å²) in [5, 5.41) is 5.53. The van der Waals surface area contributed by atoms with Crippen molar-refractivity contribution in [2.45, 2.75) is 95.0 Å². The van der Waals surface area contributed by atoms with Gasteiger partial charge in [0.2, 0.25) is 17.7 Å². The lowest BCUT2D eigenvalue weighted by Crippen LogP contribution is -2.58. The van der Waals surface area contributed by atoms with Crippen LogP contribution >= 0.6 is 0 Å². The molecule has 3 heterocycles. The van der Waals surface area contributed by atoms with Crippen LogP contribution in [0.3, 0.4) is 0 Å². The molecule has 6 rings (SSSR count). The molecule has 17 heteroatoms. The Morgan fingerprint density at radius 2 is 1.71 bits per heavy atom. The molecule has 3 N–H and O–H groups in total. The van der Waals surface area contributed by atoms with E-state index in [-0.39, 0.29) is 31.7 Å². The average molecular weight is 794 g/mol. The van der Waals surface area contributed by atoms with Crippen LogP contribution in [0.15, 0.2) is 60.7 Å². The minimum Gasteiger partial charge on any atom is -0.471 e. The molecule has 0 radical (unpaired) electrons. The number of nitrogens with one attached hydrogen (secondary N) is 3. The quantitative estimate of drug-likeness (QED) is 0.295. The number of carbonyl (C=O) groups excluding carboxylic acids is 4. The van der Waals surface area contributed by atoms with E-state index in [1.54, 1.807) is 51.1 Å². The molecule has 0 spiro atoms. The average Bonchev–Trinajstić information content (AvgIpc) is 3.66. The third-order valence-corrected chi connectivity index (χ3v) is 11.4. The molecular formula is C39H48FN7O8S. The number of halogens is 1. The van der Waals surface area contributed by atoms with Gasteiger partial charge in [0.25, 0.3) is 5.91 Å². The van der Waals surface area contributed by atoms with Crippen LogP contribution in [0.5, 0.6) is 5.88 Å². The molecule has 15 nitrogen and oxygen atoms in total. The van der Waals surface area contributed by atoms with Gasteiger partial charge in [-0.2, -0.15) is 12.7 Å². The number of carbonyl (C=O) groups is 4. The third kappa shape index (κ3) is 9.26. The normalized spacial score (nSPS) is 25.2. The number of amides is 4. The molecule has 0 bridgehead atoms. The first-order valence-corrected chi connectivity index (χ1v) is 20.1. The van der Waals surface area contributed by atoms with Crippen LogP contribution in [0.2, 0.25) is 0 Å². The number of aromatic nitrogens is 2. The van der Waals surface area contributed by atoms with Gasteiger partial charge in [-0.1, -0.05) is 37.1 Å². The van der Waals surface area contributed by atoms with Crippen molar-refractivity contribution in [2.24, 2.45) is 5.92 Å². The summed E-state index contributed by atoms with van der Waals surface area (Å²) < 4.78 is 54.3. The molecule has 0 unspecified atom stereocenters. The number of para-hydroxylation sites is 2. The Kier molecular flexibility index (Phi) is 11.7. The van der Waals surface area contributed by atoms with Crippen molar-refractivity contribution in [1.82, 2.24) is 34.5 Å². The number of nitrogens with zero attached hydrogens (tertiary/aromatic N) is 4. The van der Waals surface area contributed by atoms with Gasteiger partial charge in [-0.3, -0.25) is 14.4 Å². The molecular weight excluding hydrogens is 746 g/mol. The summed E-state index contributed by atoms with van der Waals surface area (Å²) >= 11 is 0. The van der Waals surface area contributed by atoms with E-state index in [4.69, 9.17) is 19.4 Å². The number of ether oxygens (including phenoxy) is 2. The van der Waals surface area contributed by atoms with E-state index < -0.39 is 75.1 Å². The monoisotopic (exact) mass is 793 g/mol. The van der Waals surface area contributed by atoms with Crippen LogP contribution in [-0.4, -0.2) is 101 Å². The number of benzene rings is 2. The third-order valence-electron chi connectivity index (χ3n) is 9.97. The number of fused-ring (bicyclic) bond motifs is 3. The highest BCUT2D eigenvalue weighted by molar-refractivity contribution is 7.87. The van der Waals surface area contributed by atoms with Gasteiger partial charge >= 0.3 is 16.3 Å². The first kappa shape index (κ1) is 40.5. The smallest absolute Gasteiger partial charge is 0.408 e. The topological polar surface area (TPSA) is 189 Å². The van der Waals surface area contributed by atoms with E-state index in [9.17, 15) is 32.0 Å². The summed E-state index contributed by atoms with van der Waals surface area (Å²) in [5.41, 5.74) is -0.511. The van der Waals surface area contributed by atoms with Gasteiger partial charge in [0.05, 0.1) is 17.6 Å². The van der Waals surface area contributed by atoms with E-state index in [0.717, 1.165) is 17.1 Å². The Morgan fingerprint density at radius 1 is 1.02 bits per heavy atom. The van der Waals surface area contributed by atoms with Crippen molar-refractivity contribution >= 4 is 45.1 Å². The zero-order valence-corrected chi connectivity index (χ0v) is 32.9. The summed E-state index contributed by atoms with van der Waals surface area (Å²) in [5.74, 6) is -3.01. The zero-order valence-electron chi connectivity index (χ0n) is 32.1. The number of hydrogen-bond acceptors (Lipinski definition) is 10. The molecule has 56 heavy (non-hydrogen) atoms. The molecule has 1 saturated heterocycles. The first-order chi connectivity index (χ1) is 26.5. The summed E-state index contributed by atoms with van der Waals surface area (Å²) in [7, 11) is -1.65. The Balaban J connectivity index is 1.36. The Morgan fingerprint density at radius 3 is 2.39 bits per heavy atom. The zero-order chi connectivity index (χ0) is 40.4. The lowest BCUT2D eigenvalue weighted by Gasteiger charge is -2.30. The maximum absolute atomic E-state index is 14.6. The second-order valence-electron chi connectivity index (χ2n) is 15.6. The van der Waals surface area contributed by atoms with Crippen LogP contribution in [-0.2, 0) is 29.3 Å². The van der Waals surface area contributed by atoms with Crippen molar-refractivity contribution in [3.63, 3.8) is 0 Å². The minimum absolute atomic E-state index is 0.0533. The van der Waals surface area contributed by atoms with E-state index in [1.165, 1.54) is 31.1 Å². The van der Waals surface area contributed by atoms with Gasteiger partial charge in [0.15, 0.2) is 0 Å². The number of allylic oxidation sites excluding steroid dienone is 1.